The Bertz CT molecular complexity index is 1440. The van der Waals surface area contributed by atoms with Gasteiger partial charge in [-0.1, -0.05) is 30.3 Å². The molecular formula is C32H40N4O6. The summed E-state index contributed by atoms with van der Waals surface area (Å²) in [4.78, 5) is 45.7. The molecule has 2 saturated heterocycles. The summed E-state index contributed by atoms with van der Waals surface area (Å²) < 4.78 is 12.3. The van der Waals surface area contributed by atoms with Crippen LogP contribution < -0.4 is 4.74 Å². The van der Waals surface area contributed by atoms with Crippen LogP contribution in [0.1, 0.15) is 41.3 Å². The van der Waals surface area contributed by atoms with Gasteiger partial charge in [0, 0.05) is 63.3 Å². The van der Waals surface area contributed by atoms with Crippen molar-refractivity contribution in [3.63, 3.8) is 0 Å². The molecule has 0 radical (unpaired) electrons. The van der Waals surface area contributed by atoms with Crippen LogP contribution in [-0.2, 0) is 22.4 Å². The fourth-order valence-electron chi connectivity index (χ4n) is 5.92. The molecule has 1 N–H and O–H groups in total. The fraction of sp³-hybridized carbons (Fsp3) is 0.469. The average molecular weight is 577 g/mol. The largest absolute Gasteiger partial charge is 0.496 e. The Kier molecular flexibility index (Phi) is 8.84. The fourth-order valence-corrected chi connectivity index (χ4v) is 5.92. The number of rotatable bonds is 7. The highest BCUT2D eigenvalue weighted by atomic mass is 16.5. The first kappa shape index (κ1) is 29.6. The first-order chi connectivity index (χ1) is 20.2. The van der Waals surface area contributed by atoms with Crippen LogP contribution >= 0.6 is 0 Å². The normalized spacial score (nSPS) is 17.3. The lowest BCUT2D eigenvalue weighted by Crippen LogP contribution is -2.47. The molecule has 3 aromatic rings. The van der Waals surface area contributed by atoms with Gasteiger partial charge in [0.15, 0.2) is 0 Å². The third-order valence-electron chi connectivity index (χ3n) is 8.46. The van der Waals surface area contributed by atoms with Gasteiger partial charge in [-0.05, 0) is 44.0 Å². The van der Waals surface area contributed by atoms with Gasteiger partial charge >= 0.3 is 6.09 Å². The lowest BCUT2D eigenvalue weighted by atomic mass is 9.85. The number of amides is 2. The van der Waals surface area contributed by atoms with Gasteiger partial charge in [0.1, 0.15) is 5.75 Å². The molecule has 2 aliphatic rings. The van der Waals surface area contributed by atoms with E-state index in [0.717, 1.165) is 18.7 Å². The number of likely N-dealkylation sites (N-methyl/N-ethyl adjacent to an activating group) is 1. The number of ether oxygens (including phenoxy) is 2. The molecule has 5 rings (SSSR count). The summed E-state index contributed by atoms with van der Waals surface area (Å²) in [6.07, 6.45) is 2.63. The van der Waals surface area contributed by atoms with Crippen molar-refractivity contribution in [3.8, 4) is 5.75 Å². The predicted octanol–water partition coefficient (Wildman–Crippen LogP) is 3.18. The maximum absolute atomic E-state index is 13.8. The van der Waals surface area contributed by atoms with E-state index >= 15 is 0 Å². The highest BCUT2D eigenvalue weighted by Gasteiger charge is 2.35. The number of likely N-dealkylation sites (tertiary alicyclic amines) is 1. The Morgan fingerprint density at radius 2 is 1.64 bits per heavy atom. The minimum atomic E-state index is -0.875. The van der Waals surface area contributed by atoms with E-state index in [1.165, 1.54) is 11.7 Å². The van der Waals surface area contributed by atoms with Crippen molar-refractivity contribution >= 4 is 28.8 Å². The van der Waals surface area contributed by atoms with Crippen LogP contribution in [0.2, 0.25) is 0 Å². The summed E-state index contributed by atoms with van der Waals surface area (Å²) >= 11 is 0. The number of piperidine rings is 1. The van der Waals surface area contributed by atoms with Gasteiger partial charge < -0.3 is 29.3 Å². The van der Waals surface area contributed by atoms with E-state index in [0.29, 0.717) is 73.2 Å². The second-order valence-electron chi connectivity index (χ2n) is 11.3. The second-order valence-corrected chi connectivity index (χ2v) is 11.3. The number of nitrogens with zero attached hydrogens (tertiary/aromatic N) is 4. The number of aromatic nitrogens is 1. The molecule has 2 aliphatic heterocycles. The molecule has 10 heteroatoms. The number of piperazine rings is 1. The highest BCUT2D eigenvalue weighted by Crippen LogP contribution is 2.33. The van der Waals surface area contributed by atoms with Crippen molar-refractivity contribution in [2.45, 2.75) is 38.2 Å². The topological polar surface area (TPSA) is 105 Å². The molecule has 2 aromatic carbocycles. The Balaban J connectivity index is 1.41. The Morgan fingerprint density at radius 1 is 0.952 bits per heavy atom. The number of hydrogen-bond donors (Lipinski definition) is 1. The number of carbonyl (C=O) groups excluding carboxylic acids is 3. The zero-order valence-corrected chi connectivity index (χ0v) is 24.7. The quantitative estimate of drug-likeness (QED) is 0.461. The van der Waals surface area contributed by atoms with Crippen LogP contribution in [0.5, 0.6) is 5.75 Å². The minimum Gasteiger partial charge on any atom is -0.496 e. The third kappa shape index (κ3) is 6.29. The number of hydrogen-bond acceptors (Lipinski definition) is 7. The van der Waals surface area contributed by atoms with E-state index in [-0.39, 0.29) is 24.8 Å². The van der Waals surface area contributed by atoms with Gasteiger partial charge in [-0.25, -0.2) is 4.79 Å². The Labute approximate surface area is 246 Å². The minimum absolute atomic E-state index is 0.0246. The Hall–Kier alpha value is -3.89. The van der Waals surface area contributed by atoms with Crippen LogP contribution in [-0.4, -0.2) is 108 Å². The monoisotopic (exact) mass is 576 g/mol. The molecule has 224 valence electrons. The molecule has 10 nitrogen and oxygen atoms in total. The van der Waals surface area contributed by atoms with Crippen LogP contribution in [0.4, 0.5) is 4.79 Å². The standard InChI is InChI=1S/C32H40N4O6/c1-4-42-31(39)36-22-24(18-29(37)34-16-14-33(2)15-17-34)25-19-26(28(41-3)20-27(25)36)30(38)35-12-10-32(40,11-13-35)21-23-8-6-5-7-9-23/h5-9,19-20,22,40H,4,10-18,21H2,1-3H3. The molecule has 0 atom stereocenters. The van der Waals surface area contributed by atoms with Crippen LogP contribution in [0.3, 0.4) is 0 Å². The molecule has 0 spiro atoms. The molecule has 0 bridgehead atoms. The van der Waals surface area contributed by atoms with Gasteiger partial charge in [-0.2, -0.15) is 0 Å². The van der Waals surface area contributed by atoms with Crippen LogP contribution in [0.25, 0.3) is 10.9 Å². The van der Waals surface area contributed by atoms with Crippen molar-refractivity contribution in [2.24, 2.45) is 0 Å². The van der Waals surface area contributed by atoms with Gasteiger partial charge in [0.2, 0.25) is 5.91 Å². The number of carbonyl (C=O) groups is 3. The van der Waals surface area contributed by atoms with Gasteiger partial charge in [-0.3, -0.25) is 14.2 Å². The molecular weight excluding hydrogens is 536 g/mol. The molecule has 2 amide bonds. The van der Waals surface area contributed by atoms with E-state index < -0.39 is 11.7 Å². The van der Waals surface area contributed by atoms with Crippen molar-refractivity contribution in [1.82, 2.24) is 19.3 Å². The molecule has 2 fully saturated rings. The Morgan fingerprint density at radius 3 is 2.29 bits per heavy atom. The predicted molar refractivity (Wildman–Crippen MR) is 159 cm³/mol. The highest BCUT2D eigenvalue weighted by molar-refractivity contribution is 6.04. The summed E-state index contributed by atoms with van der Waals surface area (Å²) in [5, 5.41) is 11.9. The number of methoxy groups -OCH3 is 1. The molecule has 0 unspecified atom stereocenters. The van der Waals surface area contributed by atoms with Crippen molar-refractivity contribution in [3.05, 3.63) is 65.4 Å². The maximum atomic E-state index is 13.8. The van der Waals surface area contributed by atoms with Gasteiger partial charge in [-0.15, -0.1) is 0 Å². The van der Waals surface area contributed by atoms with E-state index in [9.17, 15) is 19.5 Å². The van der Waals surface area contributed by atoms with Crippen molar-refractivity contribution in [2.75, 3.05) is 60.0 Å². The summed E-state index contributed by atoms with van der Waals surface area (Å²) in [5.74, 6) is 0.0948. The molecule has 42 heavy (non-hydrogen) atoms. The number of benzene rings is 2. The lowest BCUT2D eigenvalue weighted by molar-refractivity contribution is -0.132. The second kappa shape index (κ2) is 12.5. The number of aliphatic hydroxyl groups is 1. The zero-order valence-electron chi connectivity index (χ0n) is 24.7. The average Bonchev–Trinajstić information content (AvgIpc) is 3.34. The molecule has 0 saturated carbocycles. The molecule has 1 aromatic heterocycles. The maximum Gasteiger partial charge on any atom is 0.418 e. The van der Waals surface area contributed by atoms with Crippen molar-refractivity contribution < 1.29 is 29.0 Å². The molecule has 3 heterocycles. The van der Waals surface area contributed by atoms with Crippen LogP contribution in [0, 0.1) is 0 Å². The summed E-state index contributed by atoms with van der Waals surface area (Å²) in [6, 6.07) is 13.3. The van der Waals surface area contributed by atoms with Crippen LogP contribution in [0.15, 0.2) is 48.7 Å². The third-order valence-corrected chi connectivity index (χ3v) is 8.46. The van der Waals surface area contributed by atoms with E-state index in [1.54, 1.807) is 30.2 Å². The SMILES string of the molecule is CCOC(=O)n1cc(CC(=O)N2CCN(C)CC2)c2cc(C(=O)N3CCC(O)(Cc4ccccc4)CC3)c(OC)cc21. The lowest BCUT2D eigenvalue weighted by Gasteiger charge is -2.38. The zero-order chi connectivity index (χ0) is 29.9. The first-order valence-electron chi connectivity index (χ1n) is 14.6. The van der Waals surface area contributed by atoms with Gasteiger partial charge in [0.05, 0.1) is 36.8 Å². The summed E-state index contributed by atoms with van der Waals surface area (Å²) in [7, 11) is 3.52. The van der Waals surface area contributed by atoms with E-state index in [2.05, 4.69) is 4.90 Å². The summed E-state index contributed by atoms with van der Waals surface area (Å²) in [5.41, 5.74) is 1.71. The first-order valence-corrected chi connectivity index (χ1v) is 14.6. The van der Waals surface area contributed by atoms with E-state index in [1.807, 2.05) is 42.3 Å². The number of fused-ring (bicyclic) bond motifs is 1. The summed E-state index contributed by atoms with van der Waals surface area (Å²) in [6.45, 7) is 5.66. The van der Waals surface area contributed by atoms with Crippen molar-refractivity contribution in [1.29, 1.82) is 0 Å². The van der Waals surface area contributed by atoms with E-state index in [4.69, 9.17) is 9.47 Å². The smallest absolute Gasteiger partial charge is 0.418 e. The van der Waals surface area contributed by atoms with Gasteiger partial charge in [0.25, 0.3) is 5.91 Å². The molecule has 0 aliphatic carbocycles.